The highest BCUT2D eigenvalue weighted by atomic mass is 16.5. The lowest BCUT2D eigenvalue weighted by molar-refractivity contribution is -0.124. The highest BCUT2D eigenvalue weighted by Crippen LogP contribution is 2.30. The number of aliphatic hydroxyl groups is 1. The summed E-state index contributed by atoms with van der Waals surface area (Å²) in [6.07, 6.45) is 1.15. The molecule has 0 radical (unpaired) electrons. The van der Waals surface area contributed by atoms with Gasteiger partial charge in [-0.2, -0.15) is 0 Å². The number of rotatable bonds is 6. The van der Waals surface area contributed by atoms with Crippen molar-refractivity contribution in [1.82, 2.24) is 4.90 Å². The minimum Gasteiger partial charge on any atom is -0.457 e. The highest BCUT2D eigenvalue weighted by molar-refractivity contribution is 6.21. The monoisotopic (exact) mass is 396 g/mol. The maximum Gasteiger partial charge on any atom is 0.261 e. The maximum absolute atomic E-state index is 12.4. The van der Waals surface area contributed by atoms with Gasteiger partial charge in [0, 0.05) is 18.4 Å². The molecule has 0 aliphatic carbocycles. The lowest BCUT2D eigenvalue weighted by Crippen LogP contribution is -2.32. The quantitative estimate of drug-likeness (QED) is 0.725. The van der Waals surface area contributed by atoms with Crippen molar-refractivity contribution in [1.29, 1.82) is 0 Å². The fraction of sp³-hybridized carbons (Fsp3) is 0.286. The Morgan fingerprint density at radius 2 is 1.93 bits per heavy atom. The standard InChI is InChI=1S/C21H20N2O6/c24-9-8-23-20(26)16-7-6-15(12-17(16)21(23)27)29-14-4-1-3-13(11-14)22-19(25)18-5-2-10-28-18/h1,3-4,6-7,11-12,18,24H,2,5,8-10H2,(H,22,25). The Kier molecular flexibility index (Phi) is 5.28. The molecule has 3 amide bonds. The molecule has 2 N–H and O–H groups in total. The van der Waals surface area contributed by atoms with Gasteiger partial charge in [0.05, 0.1) is 24.3 Å². The molecule has 8 nitrogen and oxygen atoms in total. The smallest absolute Gasteiger partial charge is 0.261 e. The molecule has 150 valence electrons. The molecule has 0 bridgehead atoms. The largest absolute Gasteiger partial charge is 0.457 e. The molecular formula is C21H20N2O6. The number of β-amino-alcohol motifs (C(OH)–C–C–N with tert-alkyl or cyclic N) is 1. The van der Waals surface area contributed by atoms with Gasteiger partial charge < -0.3 is 19.9 Å². The normalized spacial score (nSPS) is 18.1. The SMILES string of the molecule is O=C(Nc1cccc(Oc2ccc3c(c2)C(=O)N(CCO)C3=O)c1)C1CCCO1. The number of imide groups is 1. The zero-order valence-corrected chi connectivity index (χ0v) is 15.6. The zero-order valence-electron chi connectivity index (χ0n) is 15.6. The van der Waals surface area contributed by atoms with E-state index in [0.29, 0.717) is 30.2 Å². The Bertz CT molecular complexity index is 967. The van der Waals surface area contributed by atoms with Gasteiger partial charge in [0.2, 0.25) is 0 Å². The van der Waals surface area contributed by atoms with Crippen molar-refractivity contribution in [2.45, 2.75) is 18.9 Å². The van der Waals surface area contributed by atoms with Crippen LogP contribution in [0.3, 0.4) is 0 Å². The summed E-state index contributed by atoms with van der Waals surface area (Å²) in [6.45, 7) is 0.255. The fourth-order valence-electron chi connectivity index (χ4n) is 3.42. The third-order valence-electron chi connectivity index (χ3n) is 4.83. The second-order valence-electron chi connectivity index (χ2n) is 6.81. The molecule has 2 aliphatic heterocycles. The molecule has 2 aromatic rings. The van der Waals surface area contributed by atoms with Gasteiger partial charge in [-0.1, -0.05) is 6.07 Å². The summed E-state index contributed by atoms with van der Waals surface area (Å²) in [5.74, 6) is -0.214. The lowest BCUT2D eigenvalue weighted by Gasteiger charge is -2.12. The summed E-state index contributed by atoms with van der Waals surface area (Å²) in [7, 11) is 0. The Morgan fingerprint density at radius 3 is 2.69 bits per heavy atom. The lowest BCUT2D eigenvalue weighted by atomic mass is 10.1. The molecule has 1 unspecified atom stereocenters. The summed E-state index contributed by atoms with van der Waals surface area (Å²) in [4.78, 5) is 37.8. The number of carbonyl (C=O) groups excluding carboxylic acids is 3. The minimum absolute atomic E-state index is 0.0466. The second-order valence-corrected chi connectivity index (χ2v) is 6.81. The van der Waals surface area contributed by atoms with Gasteiger partial charge in [-0.3, -0.25) is 19.3 Å². The van der Waals surface area contributed by atoms with Gasteiger partial charge in [0.15, 0.2) is 0 Å². The van der Waals surface area contributed by atoms with E-state index in [-0.39, 0.29) is 30.2 Å². The Balaban J connectivity index is 1.48. The van der Waals surface area contributed by atoms with Crippen molar-refractivity contribution < 1.29 is 29.0 Å². The molecule has 2 heterocycles. The summed E-state index contributed by atoms with van der Waals surface area (Å²) >= 11 is 0. The van der Waals surface area contributed by atoms with Crippen LogP contribution in [-0.4, -0.2) is 53.6 Å². The van der Waals surface area contributed by atoms with E-state index in [4.69, 9.17) is 14.6 Å². The second kappa shape index (κ2) is 8.02. The van der Waals surface area contributed by atoms with Crippen molar-refractivity contribution in [2.75, 3.05) is 25.1 Å². The van der Waals surface area contributed by atoms with E-state index in [1.165, 1.54) is 12.1 Å². The van der Waals surface area contributed by atoms with Crippen LogP contribution in [0.1, 0.15) is 33.6 Å². The Labute approximate surface area is 167 Å². The maximum atomic E-state index is 12.4. The first-order valence-corrected chi connectivity index (χ1v) is 9.38. The van der Waals surface area contributed by atoms with Crippen LogP contribution in [0.15, 0.2) is 42.5 Å². The third kappa shape index (κ3) is 3.85. The molecule has 0 aromatic heterocycles. The highest BCUT2D eigenvalue weighted by Gasteiger charge is 2.35. The van der Waals surface area contributed by atoms with Crippen LogP contribution in [0.2, 0.25) is 0 Å². The van der Waals surface area contributed by atoms with Gasteiger partial charge in [-0.05, 0) is 43.2 Å². The van der Waals surface area contributed by atoms with Gasteiger partial charge in [0.1, 0.15) is 17.6 Å². The number of carbonyl (C=O) groups is 3. The van der Waals surface area contributed by atoms with E-state index in [2.05, 4.69) is 5.32 Å². The predicted molar refractivity (Wildman–Crippen MR) is 103 cm³/mol. The molecule has 0 saturated carbocycles. The average Bonchev–Trinajstić information content (AvgIpc) is 3.33. The van der Waals surface area contributed by atoms with Gasteiger partial charge in [-0.25, -0.2) is 0 Å². The molecule has 1 saturated heterocycles. The minimum atomic E-state index is -0.456. The number of nitrogens with zero attached hydrogens (tertiary/aromatic N) is 1. The molecule has 2 aliphatic rings. The van der Waals surface area contributed by atoms with Crippen LogP contribution >= 0.6 is 0 Å². The number of hydrogen-bond acceptors (Lipinski definition) is 6. The van der Waals surface area contributed by atoms with Crippen LogP contribution in [0, 0.1) is 0 Å². The number of hydrogen-bond donors (Lipinski definition) is 2. The van der Waals surface area contributed by atoms with Crippen molar-refractivity contribution >= 4 is 23.4 Å². The van der Waals surface area contributed by atoms with Crippen LogP contribution in [0.5, 0.6) is 11.5 Å². The van der Waals surface area contributed by atoms with Crippen LogP contribution in [0.4, 0.5) is 5.69 Å². The summed E-state index contributed by atoms with van der Waals surface area (Å²) < 4.78 is 11.2. The Morgan fingerprint density at radius 1 is 1.14 bits per heavy atom. The van der Waals surface area contributed by atoms with Crippen LogP contribution < -0.4 is 10.1 Å². The van der Waals surface area contributed by atoms with Gasteiger partial charge >= 0.3 is 0 Å². The molecule has 1 atom stereocenters. The topological polar surface area (TPSA) is 105 Å². The van der Waals surface area contributed by atoms with E-state index in [1.807, 2.05) is 0 Å². The molecule has 1 fully saturated rings. The van der Waals surface area contributed by atoms with E-state index in [1.54, 1.807) is 30.3 Å². The van der Waals surface area contributed by atoms with Crippen molar-refractivity contribution in [2.24, 2.45) is 0 Å². The first kappa shape index (κ1) is 19.1. The van der Waals surface area contributed by atoms with E-state index >= 15 is 0 Å². The van der Waals surface area contributed by atoms with E-state index in [0.717, 1.165) is 11.3 Å². The number of fused-ring (bicyclic) bond motifs is 1. The summed E-state index contributed by atoms with van der Waals surface area (Å²) in [5.41, 5.74) is 1.10. The molecule has 8 heteroatoms. The van der Waals surface area contributed by atoms with Crippen molar-refractivity contribution in [3.63, 3.8) is 0 Å². The number of benzene rings is 2. The molecule has 0 spiro atoms. The van der Waals surface area contributed by atoms with Crippen LogP contribution in [-0.2, 0) is 9.53 Å². The Hall–Kier alpha value is -3.23. The number of nitrogens with one attached hydrogen (secondary N) is 1. The van der Waals surface area contributed by atoms with E-state index in [9.17, 15) is 14.4 Å². The summed E-state index contributed by atoms with van der Waals surface area (Å²) in [6, 6.07) is 11.5. The zero-order chi connectivity index (χ0) is 20.4. The number of amides is 3. The first-order chi connectivity index (χ1) is 14.1. The molecule has 4 rings (SSSR count). The van der Waals surface area contributed by atoms with Crippen molar-refractivity contribution in [3.05, 3.63) is 53.6 Å². The van der Waals surface area contributed by atoms with E-state index < -0.39 is 17.9 Å². The van der Waals surface area contributed by atoms with Crippen LogP contribution in [0.25, 0.3) is 0 Å². The molecule has 29 heavy (non-hydrogen) atoms. The number of anilines is 1. The summed E-state index contributed by atoms with van der Waals surface area (Å²) in [5, 5.41) is 11.9. The van der Waals surface area contributed by atoms with Gasteiger partial charge in [0.25, 0.3) is 17.7 Å². The average molecular weight is 396 g/mol. The fourth-order valence-corrected chi connectivity index (χ4v) is 3.42. The molecular weight excluding hydrogens is 376 g/mol. The number of aliphatic hydroxyl groups excluding tert-OH is 1. The number of ether oxygens (including phenoxy) is 2. The molecule has 2 aromatic carbocycles. The third-order valence-corrected chi connectivity index (χ3v) is 4.83. The van der Waals surface area contributed by atoms with Gasteiger partial charge in [-0.15, -0.1) is 0 Å². The van der Waals surface area contributed by atoms with Crippen molar-refractivity contribution in [3.8, 4) is 11.5 Å². The first-order valence-electron chi connectivity index (χ1n) is 9.38. The predicted octanol–water partition coefficient (Wildman–Crippen LogP) is 2.18.